The zero-order valence-corrected chi connectivity index (χ0v) is 18.5. The Morgan fingerprint density at radius 2 is 2.12 bits per heavy atom. The van der Waals surface area contributed by atoms with E-state index in [1.165, 1.54) is 13.0 Å². The fourth-order valence-corrected chi connectivity index (χ4v) is 4.60. The molecule has 0 saturated carbocycles. The van der Waals surface area contributed by atoms with Gasteiger partial charge in [-0.1, -0.05) is 6.92 Å². The summed E-state index contributed by atoms with van der Waals surface area (Å²) in [4.78, 5) is 41.9. The molecule has 5 rings (SSSR count). The number of ether oxygens (including phenoxy) is 2. The van der Waals surface area contributed by atoms with Crippen LogP contribution in [-0.4, -0.2) is 33.5 Å². The summed E-state index contributed by atoms with van der Waals surface area (Å²) in [7, 11) is 1.56. The van der Waals surface area contributed by atoms with E-state index < -0.39 is 11.6 Å². The second-order valence-electron chi connectivity index (χ2n) is 8.29. The third kappa shape index (κ3) is 3.01. The van der Waals surface area contributed by atoms with E-state index in [9.17, 15) is 19.5 Å². The van der Waals surface area contributed by atoms with Gasteiger partial charge in [-0.25, -0.2) is 9.78 Å². The monoisotopic (exact) mass is 446 g/mol. The van der Waals surface area contributed by atoms with Crippen LogP contribution in [0.1, 0.15) is 42.5 Å². The molecule has 0 saturated heterocycles. The van der Waals surface area contributed by atoms with Crippen LogP contribution >= 0.6 is 0 Å². The third-order valence-electron chi connectivity index (χ3n) is 6.40. The average molecular weight is 446 g/mol. The Morgan fingerprint density at radius 3 is 2.82 bits per heavy atom. The molecule has 2 aliphatic rings. The lowest BCUT2D eigenvalue weighted by Gasteiger charge is -2.31. The molecule has 2 aromatic heterocycles. The van der Waals surface area contributed by atoms with E-state index in [0.29, 0.717) is 29.2 Å². The number of allylic oxidation sites excluding steroid dienone is 1. The standard InChI is InChI=1S/C25H22N2O6/c1-4-25(31)18-10-20-22-14(11-27(20)23(29)17(18)12-33-24(25)30)9-16-15(6-5-13(2)28)21(32-3)8-7-19(16)26-22/h5-10,31H,4,11-12H2,1-3H3/t25-/m0/s1. The van der Waals surface area contributed by atoms with Gasteiger partial charge >= 0.3 is 5.97 Å². The predicted octanol–water partition coefficient (Wildman–Crippen LogP) is 2.69. The minimum atomic E-state index is -1.86. The number of cyclic esters (lactones) is 1. The second kappa shape index (κ2) is 7.38. The maximum absolute atomic E-state index is 13.3. The molecule has 8 heteroatoms. The number of aliphatic hydroxyl groups is 1. The van der Waals surface area contributed by atoms with E-state index in [1.54, 1.807) is 36.8 Å². The SMILES string of the molecule is CC[C@@]1(O)C(=O)OCc2c1cc1n(c2=O)Cc2cc3c(C=CC(C)=O)c(OC)ccc3nc2-1. The normalized spacial score (nSPS) is 18.7. The first-order valence-electron chi connectivity index (χ1n) is 10.6. The maximum atomic E-state index is 13.3. The van der Waals surface area contributed by atoms with E-state index in [0.717, 1.165) is 16.5 Å². The molecule has 0 fully saturated rings. The molecule has 0 aliphatic carbocycles. The minimum Gasteiger partial charge on any atom is -0.496 e. The summed E-state index contributed by atoms with van der Waals surface area (Å²) in [6.45, 7) is 3.27. The van der Waals surface area contributed by atoms with Gasteiger partial charge in [0.25, 0.3) is 5.56 Å². The number of aromatic nitrogens is 2. The number of ketones is 1. The first-order chi connectivity index (χ1) is 15.8. The molecule has 3 aromatic rings. The molecule has 1 atom stereocenters. The summed E-state index contributed by atoms with van der Waals surface area (Å²) in [6, 6.07) is 7.23. The number of esters is 1. The molecule has 0 radical (unpaired) electrons. The fraction of sp³-hybridized carbons (Fsp3) is 0.280. The number of benzene rings is 1. The molecule has 168 valence electrons. The summed E-state index contributed by atoms with van der Waals surface area (Å²) in [5.41, 5.74) is 1.78. The summed E-state index contributed by atoms with van der Waals surface area (Å²) in [5, 5.41) is 11.8. The first kappa shape index (κ1) is 21.1. The van der Waals surface area contributed by atoms with E-state index in [2.05, 4.69) is 0 Å². The largest absolute Gasteiger partial charge is 0.496 e. The zero-order valence-electron chi connectivity index (χ0n) is 18.5. The molecular weight excluding hydrogens is 424 g/mol. The lowest BCUT2D eigenvalue weighted by Crippen LogP contribution is -2.44. The van der Waals surface area contributed by atoms with Gasteiger partial charge in [0.15, 0.2) is 11.4 Å². The molecule has 0 spiro atoms. The van der Waals surface area contributed by atoms with Crippen LogP contribution in [0.3, 0.4) is 0 Å². The summed E-state index contributed by atoms with van der Waals surface area (Å²) in [6.07, 6.45) is 3.26. The lowest BCUT2D eigenvalue weighted by atomic mass is 9.86. The highest BCUT2D eigenvalue weighted by Crippen LogP contribution is 2.39. The fourth-order valence-electron chi connectivity index (χ4n) is 4.60. The number of hydrogen-bond donors (Lipinski definition) is 1. The number of methoxy groups -OCH3 is 1. The molecule has 33 heavy (non-hydrogen) atoms. The van der Waals surface area contributed by atoms with Crippen molar-refractivity contribution in [3.05, 3.63) is 62.9 Å². The Kier molecular flexibility index (Phi) is 4.72. The van der Waals surface area contributed by atoms with Crippen LogP contribution in [0.5, 0.6) is 5.75 Å². The Morgan fingerprint density at radius 1 is 1.33 bits per heavy atom. The number of carbonyl (C=O) groups excluding carboxylic acids is 2. The number of pyridine rings is 2. The van der Waals surface area contributed by atoms with E-state index in [1.807, 2.05) is 12.1 Å². The highest BCUT2D eigenvalue weighted by Gasteiger charge is 2.45. The molecule has 1 N–H and O–H groups in total. The summed E-state index contributed by atoms with van der Waals surface area (Å²) in [5.74, 6) is -0.234. The summed E-state index contributed by atoms with van der Waals surface area (Å²) >= 11 is 0. The predicted molar refractivity (Wildman–Crippen MR) is 121 cm³/mol. The number of hydrogen-bond acceptors (Lipinski definition) is 7. The molecule has 0 amide bonds. The van der Waals surface area contributed by atoms with Crippen LogP contribution in [0.25, 0.3) is 28.4 Å². The number of fused-ring (bicyclic) bond motifs is 5. The molecule has 2 aliphatic heterocycles. The van der Waals surface area contributed by atoms with Crippen molar-refractivity contribution in [1.29, 1.82) is 0 Å². The van der Waals surface area contributed by atoms with Crippen molar-refractivity contribution in [3.8, 4) is 17.1 Å². The highest BCUT2D eigenvalue weighted by molar-refractivity contribution is 5.98. The van der Waals surface area contributed by atoms with Gasteiger partial charge in [-0.2, -0.15) is 0 Å². The molecule has 1 aromatic carbocycles. The minimum absolute atomic E-state index is 0.0887. The Balaban J connectivity index is 1.75. The van der Waals surface area contributed by atoms with Gasteiger partial charge in [-0.05, 0) is 49.8 Å². The van der Waals surface area contributed by atoms with E-state index in [-0.39, 0.29) is 35.5 Å². The summed E-state index contributed by atoms with van der Waals surface area (Å²) < 4.78 is 12.2. The first-order valence-corrected chi connectivity index (χ1v) is 10.6. The van der Waals surface area contributed by atoms with Gasteiger partial charge in [0.1, 0.15) is 12.4 Å². The Bertz CT molecular complexity index is 1450. The van der Waals surface area contributed by atoms with Crippen molar-refractivity contribution < 1.29 is 24.2 Å². The molecule has 0 bridgehead atoms. The Hall–Kier alpha value is -3.78. The van der Waals surface area contributed by atoms with Crippen molar-refractivity contribution in [1.82, 2.24) is 9.55 Å². The van der Waals surface area contributed by atoms with Crippen LogP contribution in [0, 0.1) is 0 Å². The van der Waals surface area contributed by atoms with Crippen molar-refractivity contribution in [2.24, 2.45) is 0 Å². The van der Waals surface area contributed by atoms with Crippen LogP contribution in [-0.2, 0) is 33.1 Å². The number of nitrogens with zero attached hydrogens (tertiary/aromatic N) is 2. The zero-order chi connectivity index (χ0) is 23.5. The smallest absolute Gasteiger partial charge is 0.343 e. The quantitative estimate of drug-likeness (QED) is 0.379. The maximum Gasteiger partial charge on any atom is 0.343 e. The second-order valence-corrected chi connectivity index (χ2v) is 8.29. The van der Waals surface area contributed by atoms with E-state index >= 15 is 0 Å². The third-order valence-corrected chi connectivity index (χ3v) is 6.40. The lowest BCUT2D eigenvalue weighted by molar-refractivity contribution is -0.172. The molecule has 8 nitrogen and oxygen atoms in total. The van der Waals surface area contributed by atoms with Gasteiger partial charge in [-0.3, -0.25) is 9.59 Å². The van der Waals surface area contributed by atoms with Crippen molar-refractivity contribution in [3.63, 3.8) is 0 Å². The molecule has 0 unspecified atom stereocenters. The van der Waals surface area contributed by atoms with Crippen LogP contribution in [0.2, 0.25) is 0 Å². The van der Waals surface area contributed by atoms with Crippen LogP contribution in [0.15, 0.2) is 35.1 Å². The Labute approximate surface area is 189 Å². The van der Waals surface area contributed by atoms with Gasteiger partial charge in [-0.15, -0.1) is 0 Å². The van der Waals surface area contributed by atoms with Gasteiger partial charge in [0.2, 0.25) is 0 Å². The average Bonchev–Trinajstić information content (AvgIpc) is 3.16. The van der Waals surface area contributed by atoms with Crippen molar-refractivity contribution in [2.75, 3.05) is 7.11 Å². The van der Waals surface area contributed by atoms with Crippen LogP contribution < -0.4 is 10.3 Å². The van der Waals surface area contributed by atoms with Gasteiger partial charge < -0.3 is 19.1 Å². The van der Waals surface area contributed by atoms with Gasteiger partial charge in [0.05, 0.1) is 36.1 Å². The van der Waals surface area contributed by atoms with Crippen molar-refractivity contribution >= 4 is 28.7 Å². The number of rotatable bonds is 4. The number of carbonyl (C=O) groups is 2. The topological polar surface area (TPSA) is 108 Å². The van der Waals surface area contributed by atoms with Gasteiger partial charge in [0, 0.05) is 22.1 Å². The van der Waals surface area contributed by atoms with Crippen LogP contribution in [0.4, 0.5) is 0 Å². The molecular formula is C25H22N2O6. The van der Waals surface area contributed by atoms with E-state index in [4.69, 9.17) is 14.5 Å². The van der Waals surface area contributed by atoms with Crippen molar-refractivity contribution in [2.45, 2.75) is 39.0 Å². The molecule has 4 heterocycles. The highest BCUT2D eigenvalue weighted by atomic mass is 16.6.